The third kappa shape index (κ3) is 2.55. The van der Waals surface area contributed by atoms with E-state index in [9.17, 15) is 0 Å². The van der Waals surface area contributed by atoms with Gasteiger partial charge in [-0.1, -0.05) is 60.7 Å². The maximum absolute atomic E-state index is 4.52. The van der Waals surface area contributed by atoms with Gasteiger partial charge in [0.1, 0.15) is 13.6 Å². The van der Waals surface area contributed by atoms with Crippen LogP contribution in [0.1, 0.15) is 5.56 Å². The lowest BCUT2D eigenvalue weighted by Crippen LogP contribution is -2.30. The molecule has 2 aromatic carbocycles. The molecule has 3 nitrogen and oxygen atoms in total. The molecule has 0 radical (unpaired) electrons. The van der Waals surface area contributed by atoms with Crippen LogP contribution in [0.4, 0.5) is 0 Å². The van der Waals surface area contributed by atoms with Gasteiger partial charge in [-0.2, -0.15) is 0 Å². The van der Waals surface area contributed by atoms with E-state index in [-0.39, 0.29) is 0 Å². The normalized spacial score (nSPS) is 10.6. The fourth-order valence-electron chi connectivity index (χ4n) is 2.19. The van der Waals surface area contributed by atoms with Crippen molar-refractivity contribution >= 4 is 0 Å². The van der Waals surface area contributed by atoms with E-state index in [4.69, 9.17) is 0 Å². The van der Waals surface area contributed by atoms with E-state index in [0.29, 0.717) is 0 Å². The fraction of sp³-hybridized carbons (Fsp3) is 0.125. The summed E-state index contributed by atoms with van der Waals surface area (Å²) in [6.45, 7) is 0.784. The molecular formula is C16H16N3+. The first kappa shape index (κ1) is 11.7. The van der Waals surface area contributed by atoms with Crippen LogP contribution in [-0.4, -0.2) is 9.90 Å². The zero-order valence-corrected chi connectivity index (χ0v) is 10.9. The van der Waals surface area contributed by atoms with Crippen molar-refractivity contribution in [2.45, 2.75) is 6.54 Å². The Balaban J connectivity index is 1.99. The number of hydrogen-bond donors (Lipinski definition) is 0. The van der Waals surface area contributed by atoms with E-state index in [1.807, 2.05) is 28.5 Å². The van der Waals surface area contributed by atoms with Crippen molar-refractivity contribution in [1.29, 1.82) is 0 Å². The summed E-state index contributed by atoms with van der Waals surface area (Å²) in [7, 11) is 1.95. The second-order valence-corrected chi connectivity index (χ2v) is 4.59. The van der Waals surface area contributed by atoms with Crippen molar-refractivity contribution in [2.24, 2.45) is 7.05 Å². The first-order valence-electron chi connectivity index (χ1n) is 6.36. The molecule has 0 fully saturated rings. The van der Waals surface area contributed by atoms with Crippen LogP contribution in [0.25, 0.3) is 11.3 Å². The van der Waals surface area contributed by atoms with Crippen molar-refractivity contribution in [3.05, 3.63) is 72.4 Å². The minimum absolute atomic E-state index is 0.784. The van der Waals surface area contributed by atoms with Crippen LogP contribution in [0.2, 0.25) is 0 Å². The van der Waals surface area contributed by atoms with Crippen LogP contribution >= 0.6 is 0 Å². The Labute approximate surface area is 112 Å². The minimum Gasteiger partial charge on any atom is -0.140 e. The monoisotopic (exact) mass is 250 g/mol. The molecule has 0 saturated carbocycles. The van der Waals surface area contributed by atoms with Crippen LogP contribution in [0.15, 0.2) is 66.9 Å². The first-order valence-corrected chi connectivity index (χ1v) is 6.36. The maximum atomic E-state index is 4.52. The maximum Gasteiger partial charge on any atom is 0.198 e. The molecule has 19 heavy (non-hydrogen) atoms. The Kier molecular flexibility index (Phi) is 3.11. The van der Waals surface area contributed by atoms with Gasteiger partial charge in [0.05, 0.1) is 5.21 Å². The molecule has 0 amide bonds. The molecule has 0 unspecified atom stereocenters. The van der Waals surface area contributed by atoms with Gasteiger partial charge in [0.2, 0.25) is 0 Å². The topological polar surface area (TPSA) is 21.7 Å². The number of hydrogen-bond acceptors (Lipinski definition) is 1. The van der Waals surface area contributed by atoms with Crippen molar-refractivity contribution in [2.75, 3.05) is 0 Å². The quantitative estimate of drug-likeness (QED) is 0.654. The molecule has 3 aromatic rings. The average molecular weight is 250 g/mol. The molecule has 0 saturated heterocycles. The van der Waals surface area contributed by atoms with Gasteiger partial charge >= 0.3 is 0 Å². The zero-order chi connectivity index (χ0) is 13.1. The summed E-state index contributed by atoms with van der Waals surface area (Å²) >= 11 is 0. The summed E-state index contributed by atoms with van der Waals surface area (Å²) in [4.78, 5) is 0. The first-order chi connectivity index (χ1) is 9.33. The van der Waals surface area contributed by atoms with E-state index in [1.54, 1.807) is 0 Å². The van der Waals surface area contributed by atoms with E-state index in [1.165, 1.54) is 11.1 Å². The van der Waals surface area contributed by atoms with Crippen molar-refractivity contribution in [3.8, 4) is 11.3 Å². The third-order valence-electron chi connectivity index (χ3n) is 3.08. The number of aromatic nitrogens is 3. The molecular weight excluding hydrogens is 234 g/mol. The Morgan fingerprint density at radius 1 is 0.947 bits per heavy atom. The molecule has 0 N–H and O–H groups in total. The summed E-state index contributed by atoms with van der Waals surface area (Å²) in [5.74, 6) is 0. The number of rotatable bonds is 3. The summed E-state index contributed by atoms with van der Waals surface area (Å²) in [6, 6.07) is 20.7. The van der Waals surface area contributed by atoms with Crippen molar-refractivity contribution in [3.63, 3.8) is 0 Å². The van der Waals surface area contributed by atoms with Crippen LogP contribution < -0.4 is 4.68 Å². The molecule has 0 spiro atoms. The number of aryl methyl sites for hydroxylation is 1. The van der Waals surface area contributed by atoms with E-state index < -0.39 is 0 Å². The molecule has 3 heteroatoms. The highest BCUT2D eigenvalue weighted by molar-refractivity contribution is 5.57. The molecule has 0 atom stereocenters. The van der Waals surface area contributed by atoms with Crippen LogP contribution in [0.5, 0.6) is 0 Å². The Bertz CT molecular complexity index is 657. The highest BCUT2D eigenvalue weighted by atomic mass is 15.5. The lowest BCUT2D eigenvalue weighted by Gasteiger charge is -1.99. The summed E-state index contributed by atoms with van der Waals surface area (Å²) in [5, 5.41) is 4.52. The molecule has 0 bridgehead atoms. The molecule has 0 aliphatic heterocycles. The van der Waals surface area contributed by atoms with Crippen molar-refractivity contribution < 1.29 is 4.68 Å². The van der Waals surface area contributed by atoms with E-state index in [0.717, 1.165) is 12.2 Å². The minimum atomic E-state index is 0.784. The van der Waals surface area contributed by atoms with Crippen LogP contribution in [-0.2, 0) is 13.6 Å². The fourth-order valence-corrected chi connectivity index (χ4v) is 2.19. The van der Waals surface area contributed by atoms with Crippen LogP contribution in [0.3, 0.4) is 0 Å². The predicted molar refractivity (Wildman–Crippen MR) is 74.4 cm³/mol. The van der Waals surface area contributed by atoms with Gasteiger partial charge in [0.25, 0.3) is 0 Å². The van der Waals surface area contributed by atoms with Gasteiger partial charge in [-0.3, -0.25) is 0 Å². The Hall–Kier alpha value is -2.42. The predicted octanol–water partition coefficient (Wildman–Crippen LogP) is 2.42. The molecule has 1 heterocycles. The lowest BCUT2D eigenvalue weighted by molar-refractivity contribution is -0.732. The second-order valence-electron chi connectivity index (χ2n) is 4.59. The van der Waals surface area contributed by atoms with E-state index in [2.05, 4.69) is 59.9 Å². The summed E-state index contributed by atoms with van der Waals surface area (Å²) in [5.41, 5.74) is 3.57. The van der Waals surface area contributed by atoms with E-state index >= 15 is 0 Å². The largest absolute Gasteiger partial charge is 0.198 e. The van der Waals surface area contributed by atoms with Gasteiger partial charge in [-0.05, 0) is 5.56 Å². The van der Waals surface area contributed by atoms with Crippen molar-refractivity contribution in [1.82, 2.24) is 9.90 Å². The number of nitrogens with zero attached hydrogens (tertiary/aromatic N) is 3. The lowest BCUT2D eigenvalue weighted by atomic mass is 10.1. The second kappa shape index (κ2) is 5.06. The standard InChI is InChI=1S/C16H16N3/c1-18-13-16(15-10-6-3-7-11-15)19(17-18)12-14-8-4-2-5-9-14/h2-11,13H,12H2,1H3/q+1. The summed E-state index contributed by atoms with van der Waals surface area (Å²) in [6.07, 6.45) is 2.05. The SMILES string of the molecule is C[n+]1cc(-c2ccccc2)n(Cc2ccccc2)n1. The molecule has 0 aliphatic carbocycles. The average Bonchev–Trinajstić information content (AvgIpc) is 2.82. The zero-order valence-electron chi connectivity index (χ0n) is 10.9. The van der Waals surface area contributed by atoms with Gasteiger partial charge in [-0.25, -0.2) is 0 Å². The van der Waals surface area contributed by atoms with Gasteiger partial charge < -0.3 is 0 Å². The number of benzene rings is 2. The highest BCUT2D eigenvalue weighted by Crippen LogP contribution is 2.17. The molecule has 3 rings (SSSR count). The smallest absolute Gasteiger partial charge is 0.140 e. The van der Waals surface area contributed by atoms with Gasteiger partial charge in [0, 0.05) is 5.56 Å². The van der Waals surface area contributed by atoms with Gasteiger partial charge in [-0.15, -0.1) is 9.36 Å². The molecule has 94 valence electrons. The Morgan fingerprint density at radius 2 is 1.58 bits per heavy atom. The summed E-state index contributed by atoms with van der Waals surface area (Å²) < 4.78 is 3.88. The Morgan fingerprint density at radius 3 is 2.26 bits per heavy atom. The van der Waals surface area contributed by atoms with Gasteiger partial charge in [0.15, 0.2) is 11.9 Å². The molecule has 1 aromatic heterocycles. The van der Waals surface area contributed by atoms with Crippen LogP contribution in [0, 0.1) is 0 Å². The molecule has 0 aliphatic rings. The highest BCUT2D eigenvalue weighted by Gasteiger charge is 2.15. The third-order valence-corrected chi connectivity index (χ3v) is 3.08.